The molecular weight excluding hydrogens is 262 g/mol. The van der Waals surface area contributed by atoms with E-state index >= 15 is 0 Å². The van der Waals surface area contributed by atoms with Crippen LogP contribution in [-0.4, -0.2) is 35.1 Å². The number of hydrogen-bond donors (Lipinski definition) is 1. The Balaban J connectivity index is 2.73. The molecule has 4 heteroatoms. The third-order valence-electron chi connectivity index (χ3n) is 4.44. The molecule has 0 fully saturated rings. The lowest BCUT2D eigenvalue weighted by molar-refractivity contribution is 0.0117. The molecule has 0 aliphatic rings. The fraction of sp³-hybridized carbons (Fsp3) is 0.824. The Morgan fingerprint density at radius 2 is 2.00 bits per heavy atom. The molecule has 0 saturated heterocycles. The lowest BCUT2D eigenvalue weighted by Crippen LogP contribution is -2.35. The quantitative estimate of drug-likeness (QED) is 0.760. The van der Waals surface area contributed by atoms with Crippen LogP contribution in [0.1, 0.15) is 57.0 Å². The first-order chi connectivity index (χ1) is 9.80. The summed E-state index contributed by atoms with van der Waals surface area (Å²) in [5.41, 5.74) is 3.78. The summed E-state index contributed by atoms with van der Waals surface area (Å²) >= 11 is 0. The predicted octanol–water partition coefficient (Wildman–Crippen LogP) is 3.15. The van der Waals surface area contributed by atoms with Gasteiger partial charge in [-0.05, 0) is 65.5 Å². The monoisotopic (exact) mass is 295 g/mol. The zero-order valence-corrected chi connectivity index (χ0v) is 14.9. The maximum absolute atomic E-state index is 5.55. The topological polar surface area (TPSA) is 39.1 Å². The first kappa shape index (κ1) is 18.2. The summed E-state index contributed by atoms with van der Waals surface area (Å²) in [6.45, 7) is 11.9. The second kappa shape index (κ2) is 7.95. The minimum Gasteiger partial charge on any atom is -0.379 e. The number of nitrogens with zero attached hydrogens (tertiary/aromatic N) is 2. The number of aryl methyl sites for hydroxylation is 2. The highest BCUT2D eigenvalue weighted by atomic mass is 16.5. The number of aromatic nitrogens is 2. The van der Waals surface area contributed by atoms with Gasteiger partial charge in [0.1, 0.15) is 0 Å². The lowest BCUT2D eigenvalue weighted by atomic mass is 9.94. The van der Waals surface area contributed by atoms with Gasteiger partial charge in [0, 0.05) is 25.9 Å². The largest absolute Gasteiger partial charge is 0.379 e. The van der Waals surface area contributed by atoms with Crippen LogP contribution in [0.2, 0.25) is 0 Å². The Labute approximate surface area is 130 Å². The van der Waals surface area contributed by atoms with Crippen molar-refractivity contribution in [2.45, 2.75) is 71.9 Å². The molecule has 1 aromatic heterocycles. The molecule has 1 rings (SSSR count). The molecule has 1 aromatic rings. The Hall–Kier alpha value is -0.870. The van der Waals surface area contributed by atoms with Crippen molar-refractivity contribution in [2.75, 3.05) is 13.7 Å². The highest BCUT2D eigenvalue weighted by Crippen LogP contribution is 2.20. The second-order valence-electron chi connectivity index (χ2n) is 6.63. The smallest absolute Gasteiger partial charge is 0.0628 e. The molecule has 4 nitrogen and oxygen atoms in total. The van der Waals surface area contributed by atoms with E-state index in [4.69, 9.17) is 4.74 Å². The van der Waals surface area contributed by atoms with Crippen LogP contribution in [0, 0.1) is 13.8 Å². The van der Waals surface area contributed by atoms with Crippen LogP contribution in [0.5, 0.6) is 0 Å². The molecule has 1 heterocycles. The molecule has 0 amide bonds. The average molecular weight is 295 g/mol. The van der Waals surface area contributed by atoms with Crippen LogP contribution in [0.4, 0.5) is 0 Å². The summed E-state index contributed by atoms with van der Waals surface area (Å²) < 4.78 is 7.54. The van der Waals surface area contributed by atoms with Gasteiger partial charge < -0.3 is 10.1 Å². The molecule has 0 spiro atoms. The van der Waals surface area contributed by atoms with Crippen molar-refractivity contribution in [1.82, 2.24) is 15.1 Å². The Morgan fingerprint density at radius 1 is 1.33 bits per heavy atom. The number of ether oxygens (including phenoxy) is 1. The summed E-state index contributed by atoms with van der Waals surface area (Å²) in [5, 5.41) is 8.22. The van der Waals surface area contributed by atoms with Crippen LogP contribution in [0.25, 0.3) is 0 Å². The first-order valence-corrected chi connectivity index (χ1v) is 8.08. The molecule has 122 valence electrons. The van der Waals surface area contributed by atoms with Crippen LogP contribution in [0.15, 0.2) is 0 Å². The molecule has 0 aromatic carbocycles. The number of hydrogen-bond acceptors (Lipinski definition) is 3. The van der Waals surface area contributed by atoms with Crippen molar-refractivity contribution in [3.63, 3.8) is 0 Å². The van der Waals surface area contributed by atoms with Gasteiger partial charge in [0.2, 0.25) is 0 Å². The minimum atomic E-state index is -0.0504. The lowest BCUT2D eigenvalue weighted by Gasteiger charge is -2.26. The van der Waals surface area contributed by atoms with Crippen LogP contribution in [0.3, 0.4) is 0 Å². The van der Waals surface area contributed by atoms with Crippen LogP contribution in [-0.2, 0) is 18.2 Å². The van der Waals surface area contributed by atoms with Gasteiger partial charge in [0.25, 0.3) is 0 Å². The minimum absolute atomic E-state index is 0.0504. The summed E-state index contributed by atoms with van der Waals surface area (Å²) in [6.07, 6.45) is 4.39. The van der Waals surface area contributed by atoms with Gasteiger partial charge >= 0.3 is 0 Å². The summed E-state index contributed by atoms with van der Waals surface area (Å²) in [6, 6.07) is 0.487. The number of rotatable bonds is 9. The zero-order valence-electron chi connectivity index (χ0n) is 14.9. The van der Waals surface area contributed by atoms with E-state index in [-0.39, 0.29) is 5.60 Å². The van der Waals surface area contributed by atoms with Gasteiger partial charge in [-0.3, -0.25) is 4.68 Å². The molecule has 0 aliphatic carbocycles. The van der Waals surface area contributed by atoms with E-state index in [0.29, 0.717) is 6.04 Å². The maximum atomic E-state index is 5.55. The third-order valence-corrected chi connectivity index (χ3v) is 4.44. The van der Waals surface area contributed by atoms with Crippen LogP contribution < -0.4 is 5.32 Å². The number of methoxy groups -OCH3 is 1. The summed E-state index contributed by atoms with van der Waals surface area (Å²) in [5.74, 6) is 0. The van der Waals surface area contributed by atoms with Crippen molar-refractivity contribution in [3.05, 3.63) is 17.0 Å². The molecule has 0 aliphatic heterocycles. The highest BCUT2D eigenvalue weighted by molar-refractivity contribution is 5.25. The summed E-state index contributed by atoms with van der Waals surface area (Å²) in [4.78, 5) is 0. The fourth-order valence-corrected chi connectivity index (χ4v) is 2.61. The van der Waals surface area contributed by atoms with Gasteiger partial charge in [-0.15, -0.1) is 0 Å². The molecule has 0 bridgehead atoms. The van der Waals surface area contributed by atoms with Crippen molar-refractivity contribution < 1.29 is 4.74 Å². The maximum Gasteiger partial charge on any atom is 0.0628 e. The van der Waals surface area contributed by atoms with Crippen molar-refractivity contribution in [2.24, 2.45) is 7.05 Å². The van der Waals surface area contributed by atoms with E-state index in [1.54, 1.807) is 7.11 Å². The molecular formula is C17H33N3O. The zero-order chi connectivity index (χ0) is 16.0. The predicted molar refractivity (Wildman–Crippen MR) is 88.8 cm³/mol. The van der Waals surface area contributed by atoms with E-state index in [2.05, 4.69) is 45.0 Å². The molecule has 21 heavy (non-hydrogen) atoms. The Morgan fingerprint density at radius 3 is 2.48 bits per heavy atom. The van der Waals surface area contributed by atoms with Gasteiger partial charge in [-0.1, -0.05) is 6.92 Å². The first-order valence-electron chi connectivity index (χ1n) is 8.08. The normalized spacial score (nSPS) is 13.7. The summed E-state index contributed by atoms with van der Waals surface area (Å²) in [7, 11) is 3.82. The van der Waals surface area contributed by atoms with E-state index < -0.39 is 0 Å². The van der Waals surface area contributed by atoms with E-state index in [0.717, 1.165) is 37.9 Å². The highest BCUT2D eigenvalue weighted by Gasteiger charge is 2.21. The van der Waals surface area contributed by atoms with E-state index in [1.165, 1.54) is 11.3 Å². The fourth-order valence-electron chi connectivity index (χ4n) is 2.61. The van der Waals surface area contributed by atoms with Gasteiger partial charge in [0.05, 0.1) is 11.3 Å². The molecule has 1 N–H and O–H groups in total. The molecule has 1 atom stereocenters. The Kier molecular flexibility index (Phi) is 6.88. The third kappa shape index (κ3) is 5.44. The molecule has 0 radical (unpaired) electrons. The van der Waals surface area contributed by atoms with Crippen molar-refractivity contribution in [1.29, 1.82) is 0 Å². The standard InChI is InChI=1S/C17H33N3O/c1-8-11-18-15(9-10-17(4,5)21-7)12-16-13(2)19-20(6)14(16)3/h15,18H,8-12H2,1-7H3. The van der Waals surface area contributed by atoms with Gasteiger partial charge in [0.15, 0.2) is 0 Å². The van der Waals surface area contributed by atoms with Crippen molar-refractivity contribution in [3.8, 4) is 0 Å². The SMILES string of the molecule is CCCNC(CCC(C)(C)OC)Cc1c(C)nn(C)c1C. The van der Waals surface area contributed by atoms with E-state index in [9.17, 15) is 0 Å². The number of nitrogens with one attached hydrogen (secondary N) is 1. The van der Waals surface area contributed by atoms with Crippen LogP contribution >= 0.6 is 0 Å². The second-order valence-corrected chi connectivity index (χ2v) is 6.63. The van der Waals surface area contributed by atoms with E-state index in [1.807, 2.05) is 11.7 Å². The van der Waals surface area contributed by atoms with Gasteiger partial charge in [-0.25, -0.2) is 0 Å². The average Bonchev–Trinajstić information content (AvgIpc) is 2.68. The van der Waals surface area contributed by atoms with Crippen molar-refractivity contribution >= 4 is 0 Å². The molecule has 0 saturated carbocycles. The van der Waals surface area contributed by atoms with Gasteiger partial charge in [-0.2, -0.15) is 5.10 Å². The molecule has 1 unspecified atom stereocenters. The Bertz CT molecular complexity index is 437.